The summed E-state index contributed by atoms with van der Waals surface area (Å²) in [4.78, 5) is 28.2. The Morgan fingerprint density at radius 3 is 2.77 bits per heavy atom. The van der Waals surface area contributed by atoms with E-state index in [0.717, 1.165) is 13.1 Å². The third-order valence-corrected chi connectivity index (χ3v) is 4.80. The Balaban J connectivity index is 1.66. The predicted octanol–water partition coefficient (Wildman–Crippen LogP) is 0.172. The van der Waals surface area contributed by atoms with Gasteiger partial charge in [-0.05, 0) is 6.07 Å². The molecule has 2 aliphatic heterocycles. The van der Waals surface area contributed by atoms with Crippen LogP contribution in [0.4, 0.5) is 4.39 Å². The summed E-state index contributed by atoms with van der Waals surface area (Å²) in [7, 11) is 1.57. The highest BCUT2D eigenvalue weighted by atomic mass is 19.1. The van der Waals surface area contributed by atoms with E-state index in [-0.39, 0.29) is 24.0 Å². The van der Waals surface area contributed by atoms with E-state index in [0.29, 0.717) is 26.3 Å². The van der Waals surface area contributed by atoms with E-state index in [1.807, 2.05) is 0 Å². The second kappa shape index (κ2) is 8.57. The molecule has 0 saturated carbocycles. The standard InChI is InChI=1S/C18H24FN3O4/c1-21-15(23)12-26-17(16(21)13-4-2-3-5-14(13)19)18(24)20-6-7-22-8-10-25-11-9-22/h2-5,16-17H,6-12H2,1H3,(H,20,24)/t16-,17+/m0/s1. The molecular weight excluding hydrogens is 341 g/mol. The smallest absolute Gasteiger partial charge is 0.251 e. The van der Waals surface area contributed by atoms with Crippen LogP contribution in [0.1, 0.15) is 11.6 Å². The van der Waals surface area contributed by atoms with Gasteiger partial charge in [0.05, 0.1) is 19.3 Å². The highest BCUT2D eigenvalue weighted by Gasteiger charge is 2.41. The number of amides is 2. The number of carbonyl (C=O) groups is 2. The summed E-state index contributed by atoms with van der Waals surface area (Å²) < 4.78 is 25.0. The van der Waals surface area contributed by atoms with Gasteiger partial charge in [0.25, 0.3) is 5.91 Å². The topological polar surface area (TPSA) is 71.1 Å². The number of hydrogen-bond donors (Lipinski definition) is 1. The van der Waals surface area contributed by atoms with Gasteiger partial charge in [-0.2, -0.15) is 0 Å². The Morgan fingerprint density at radius 2 is 2.04 bits per heavy atom. The molecule has 0 radical (unpaired) electrons. The van der Waals surface area contributed by atoms with E-state index in [1.165, 1.54) is 11.0 Å². The maximum Gasteiger partial charge on any atom is 0.251 e. The Bertz CT molecular complexity index is 651. The van der Waals surface area contributed by atoms with Gasteiger partial charge in [0.2, 0.25) is 5.91 Å². The number of rotatable bonds is 5. The molecule has 0 unspecified atom stereocenters. The minimum atomic E-state index is -0.945. The van der Waals surface area contributed by atoms with Crippen LogP contribution in [-0.4, -0.2) is 80.8 Å². The highest BCUT2D eigenvalue weighted by Crippen LogP contribution is 2.30. The van der Waals surface area contributed by atoms with E-state index < -0.39 is 18.0 Å². The number of hydrogen-bond acceptors (Lipinski definition) is 5. The van der Waals surface area contributed by atoms with Crippen molar-refractivity contribution in [3.63, 3.8) is 0 Å². The van der Waals surface area contributed by atoms with E-state index >= 15 is 0 Å². The summed E-state index contributed by atoms with van der Waals surface area (Å²) in [5.74, 6) is -1.09. The fourth-order valence-corrected chi connectivity index (χ4v) is 3.28. The Morgan fingerprint density at radius 1 is 1.31 bits per heavy atom. The number of carbonyl (C=O) groups excluding carboxylic acids is 2. The zero-order valence-corrected chi connectivity index (χ0v) is 14.8. The molecule has 8 heteroatoms. The van der Waals surface area contributed by atoms with E-state index in [2.05, 4.69) is 10.2 Å². The highest BCUT2D eigenvalue weighted by molar-refractivity contribution is 5.86. The van der Waals surface area contributed by atoms with E-state index in [9.17, 15) is 14.0 Å². The Hall–Kier alpha value is -2.03. The number of benzene rings is 1. The van der Waals surface area contributed by atoms with Crippen molar-refractivity contribution in [3.05, 3.63) is 35.6 Å². The average molecular weight is 365 g/mol. The number of likely N-dealkylation sites (N-methyl/N-ethyl adjacent to an activating group) is 1. The Kier molecular flexibility index (Phi) is 6.18. The number of halogens is 1. The first kappa shape index (κ1) is 18.8. The van der Waals surface area contributed by atoms with Crippen LogP contribution in [0.2, 0.25) is 0 Å². The van der Waals surface area contributed by atoms with Gasteiger partial charge in [-0.1, -0.05) is 18.2 Å². The molecule has 0 spiro atoms. The summed E-state index contributed by atoms with van der Waals surface area (Å²) >= 11 is 0. The van der Waals surface area contributed by atoms with Gasteiger partial charge in [-0.15, -0.1) is 0 Å². The molecule has 2 aliphatic rings. The van der Waals surface area contributed by atoms with Crippen LogP contribution < -0.4 is 5.32 Å². The van der Waals surface area contributed by atoms with Crippen LogP contribution in [-0.2, 0) is 19.1 Å². The van der Waals surface area contributed by atoms with Crippen molar-refractivity contribution in [2.45, 2.75) is 12.1 Å². The van der Waals surface area contributed by atoms with Crippen molar-refractivity contribution in [3.8, 4) is 0 Å². The number of nitrogens with one attached hydrogen (secondary N) is 1. The predicted molar refractivity (Wildman–Crippen MR) is 91.9 cm³/mol. The lowest BCUT2D eigenvalue weighted by molar-refractivity contribution is -0.162. The van der Waals surface area contributed by atoms with Crippen LogP contribution in [0.3, 0.4) is 0 Å². The zero-order valence-electron chi connectivity index (χ0n) is 14.8. The SMILES string of the molecule is CN1C(=O)CO[C@@H](C(=O)NCCN2CCOCC2)[C@@H]1c1ccccc1F. The van der Waals surface area contributed by atoms with Gasteiger partial charge in [0.1, 0.15) is 12.4 Å². The maximum atomic E-state index is 14.3. The van der Waals surface area contributed by atoms with Crippen LogP contribution >= 0.6 is 0 Å². The summed E-state index contributed by atoms with van der Waals surface area (Å²) in [6.45, 7) is 4.05. The quantitative estimate of drug-likeness (QED) is 0.806. The molecule has 0 aromatic heterocycles. The minimum absolute atomic E-state index is 0.191. The molecule has 1 aromatic rings. The van der Waals surface area contributed by atoms with Gasteiger partial charge in [0.15, 0.2) is 6.10 Å². The molecule has 0 aliphatic carbocycles. The molecule has 2 amide bonds. The van der Waals surface area contributed by atoms with Gasteiger partial charge in [0, 0.05) is 38.8 Å². The van der Waals surface area contributed by atoms with Crippen LogP contribution in [0.25, 0.3) is 0 Å². The average Bonchev–Trinajstić information content (AvgIpc) is 2.65. The van der Waals surface area contributed by atoms with Gasteiger partial charge in [-0.3, -0.25) is 14.5 Å². The minimum Gasteiger partial charge on any atom is -0.379 e. The lowest BCUT2D eigenvalue weighted by Crippen LogP contribution is -2.54. The van der Waals surface area contributed by atoms with Crippen molar-refractivity contribution >= 4 is 11.8 Å². The molecule has 3 rings (SSSR count). The van der Waals surface area contributed by atoms with Crippen LogP contribution in [0.15, 0.2) is 24.3 Å². The summed E-state index contributed by atoms with van der Waals surface area (Å²) in [6, 6.07) is 5.35. The largest absolute Gasteiger partial charge is 0.379 e. The molecule has 2 atom stereocenters. The maximum absolute atomic E-state index is 14.3. The number of morpholine rings is 2. The van der Waals surface area contributed by atoms with Gasteiger partial charge in [-0.25, -0.2) is 4.39 Å². The monoisotopic (exact) mass is 365 g/mol. The Labute approximate surface area is 152 Å². The summed E-state index contributed by atoms with van der Waals surface area (Å²) in [6.07, 6.45) is -0.945. The van der Waals surface area contributed by atoms with Gasteiger partial charge >= 0.3 is 0 Å². The molecule has 26 heavy (non-hydrogen) atoms. The van der Waals surface area contributed by atoms with Crippen LogP contribution in [0.5, 0.6) is 0 Å². The number of nitrogens with zero attached hydrogens (tertiary/aromatic N) is 2. The molecule has 2 fully saturated rings. The lowest BCUT2D eigenvalue weighted by Gasteiger charge is -2.38. The van der Waals surface area contributed by atoms with E-state index in [1.54, 1.807) is 25.2 Å². The summed E-state index contributed by atoms with van der Waals surface area (Å²) in [5, 5.41) is 2.85. The normalized spacial score (nSPS) is 24.5. The molecular formula is C18H24FN3O4. The van der Waals surface area contributed by atoms with Crippen molar-refractivity contribution in [2.75, 3.05) is 53.0 Å². The first-order valence-electron chi connectivity index (χ1n) is 8.77. The first-order chi connectivity index (χ1) is 12.6. The van der Waals surface area contributed by atoms with Crippen molar-refractivity contribution in [1.82, 2.24) is 15.1 Å². The second-order valence-corrected chi connectivity index (χ2v) is 6.45. The summed E-state index contributed by atoms with van der Waals surface area (Å²) in [5.41, 5.74) is 0.274. The number of ether oxygens (including phenoxy) is 2. The molecule has 2 heterocycles. The third-order valence-electron chi connectivity index (χ3n) is 4.80. The molecule has 1 N–H and O–H groups in total. The lowest BCUT2D eigenvalue weighted by atomic mass is 9.97. The third kappa shape index (κ3) is 4.20. The first-order valence-corrected chi connectivity index (χ1v) is 8.77. The molecule has 0 bridgehead atoms. The van der Waals surface area contributed by atoms with Crippen molar-refractivity contribution in [1.29, 1.82) is 0 Å². The second-order valence-electron chi connectivity index (χ2n) is 6.45. The molecule has 2 saturated heterocycles. The van der Waals surface area contributed by atoms with Crippen LogP contribution in [0, 0.1) is 5.82 Å². The van der Waals surface area contributed by atoms with Gasteiger partial charge < -0.3 is 19.7 Å². The molecule has 7 nitrogen and oxygen atoms in total. The fraction of sp³-hybridized carbons (Fsp3) is 0.556. The van der Waals surface area contributed by atoms with Crippen molar-refractivity contribution in [2.24, 2.45) is 0 Å². The molecule has 1 aromatic carbocycles. The van der Waals surface area contributed by atoms with Crippen molar-refractivity contribution < 1.29 is 23.5 Å². The zero-order chi connectivity index (χ0) is 18.5. The molecule has 142 valence electrons. The fourth-order valence-electron chi connectivity index (χ4n) is 3.28. The van der Waals surface area contributed by atoms with E-state index in [4.69, 9.17) is 9.47 Å².